The summed E-state index contributed by atoms with van der Waals surface area (Å²) in [4.78, 5) is 23.5. The number of esters is 1. The van der Waals surface area contributed by atoms with Crippen LogP contribution in [0.2, 0.25) is 0 Å². The highest BCUT2D eigenvalue weighted by Gasteiger charge is 2.32. The molecule has 0 saturated carbocycles. The van der Waals surface area contributed by atoms with Crippen molar-refractivity contribution < 1.29 is 28.9 Å². The number of nitrogens with zero attached hydrogens (tertiary/aromatic N) is 2. The van der Waals surface area contributed by atoms with Crippen molar-refractivity contribution in [2.75, 3.05) is 5.75 Å². The molecule has 4 atom stereocenters. The number of thioether (sulfide) groups is 1. The highest BCUT2D eigenvalue weighted by molar-refractivity contribution is 8.01. The van der Waals surface area contributed by atoms with E-state index in [4.69, 9.17) is 14.2 Å². The zero-order valence-corrected chi connectivity index (χ0v) is 26.4. The van der Waals surface area contributed by atoms with Crippen LogP contribution in [0, 0.1) is 6.92 Å². The Hall–Kier alpha value is -3.61. The maximum absolute atomic E-state index is 12.3. The number of hydrogen-bond acceptors (Lipinski definition) is 10. The number of aromatic nitrogens is 2. The zero-order valence-electron chi connectivity index (χ0n) is 24.8. The Morgan fingerprint density at radius 2 is 1.77 bits per heavy atom. The van der Waals surface area contributed by atoms with Gasteiger partial charge in [-0.15, -0.1) is 10.2 Å². The molecule has 9 nitrogen and oxygen atoms in total. The molecule has 1 aliphatic heterocycles. The predicted octanol–water partition coefficient (Wildman–Crippen LogP) is 5.91. The summed E-state index contributed by atoms with van der Waals surface area (Å²) in [5, 5.41) is 21.6. The third-order valence-corrected chi connectivity index (χ3v) is 9.22. The van der Waals surface area contributed by atoms with Gasteiger partial charge in [-0.05, 0) is 53.8 Å². The Labute approximate surface area is 265 Å². The fourth-order valence-electron chi connectivity index (χ4n) is 4.88. The molecule has 0 spiro atoms. The van der Waals surface area contributed by atoms with Crippen molar-refractivity contribution in [1.29, 1.82) is 0 Å². The number of rotatable bonds is 11. The molecule has 0 radical (unpaired) electrons. The van der Waals surface area contributed by atoms with E-state index < -0.39 is 18.4 Å². The lowest BCUT2D eigenvalue weighted by Crippen LogP contribution is -2.35. The van der Waals surface area contributed by atoms with Gasteiger partial charge in [0.25, 0.3) is 5.91 Å². The van der Waals surface area contributed by atoms with E-state index in [1.165, 1.54) is 6.92 Å². The van der Waals surface area contributed by atoms with E-state index >= 15 is 0 Å². The molecule has 1 aromatic heterocycles. The molecule has 3 aromatic carbocycles. The van der Waals surface area contributed by atoms with Gasteiger partial charge in [-0.3, -0.25) is 9.59 Å². The lowest BCUT2D eigenvalue weighted by Gasteiger charge is -2.36. The second-order valence-corrected chi connectivity index (χ2v) is 13.0. The van der Waals surface area contributed by atoms with Crippen LogP contribution in [-0.2, 0) is 37.0 Å². The molecule has 2 heterocycles. The Balaban J connectivity index is 1.32. The van der Waals surface area contributed by atoms with Crippen LogP contribution >= 0.6 is 23.1 Å². The number of nitrogens with one attached hydrogen (secondary N) is 1. The number of benzene rings is 3. The second kappa shape index (κ2) is 14.9. The van der Waals surface area contributed by atoms with Crippen LogP contribution in [-0.4, -0.2) is 45.1 Å². The van der Waals surface area contributed by atoms with E-state index in [1.54, 1.807) is 30.0 Å². The molecule has 1 saturated heterocycles. The van der Waals surface area contributed by atoms with Gasteiger partial charge in [-0.25, -0.2) is 0 Å². The minimum Gasteiger partial charge on any atom is -0.453 e. The van der Waals surface area contributed by atoms with Crippen LogP contribution in [0.1, 0.15) is 59.9 Å². The molecule has 2 N–H and O–H groups in total. The molecule has 4 aromatic rings. The van der Waals surface area contributed by atoms with Crippen LogP contribution < -0.4 is 5.32 Å². The molecule has 1 amide bonds. The van der Waals surface area contributed by atoms with Gasteiger partial charge in [0.05, 0.1) is 18.8 Å². The van der Waals surface area contributed by atoms with Crippen molar-refractivity contribution in [2.45, 2.75) is 69.3 Å². The first-order valence-corrected chi connectivity index (χ1v) is 16.2. The lowest BCUT2D eigenvalue weighted by atomic mass is 9.99. The first kappa shape index (κ1) is 31.8. The van der Waals surface area contributed by atoms with Gasteiger partial charge < -0.3 is 24.6 Å². The summed E-state index contributed by atoms with van der Waals surface area (Å²) in [5.41, 5.74) is 5.67. The van der Waals surface area contributed by atoms with Crippen molar-refractivity contribution in [3.63, 3.8) is 0 Å². The Morgan fingerprint density at radius 1 is 1.02 bits per heavy atom. The number of amides is 1. The quantitative estimate of drug-likeness (QED) is 0.153. The zero-order chi connectivity index (χ0) is 31.1. The molecule has 0 unspecified atom stereocenters. The van der Waals surface area contributed by atoms with Crippen LogP contribution in [0.4, 0.5) is 0 Å². The van der Waals surface area contributed by atoms with E-state index in [1.807, 2.05) is 73.7 Å². The summed E-state index contributed by atoms with van der Waals surface area (Å²) in [7, 11) is 0. The minimum absolute atomic E-state index is 0.00810. The van der Waals surface area contributed by atoms with Crippen LogP contribution in [0.5, 0.6) is 0 Å². The molecular formula is C33H35N3O6S2. The van der Waals surface area contributed by atoms with E-state index in [2.05, 4.69) is 21.6 Å². The third kappa shape index (κ3) is 8.52. The summed E-state index contributed by atoms with van der Waals surface area (Å²) >= 11 is 3.21. The number of aliphatic hydroxyl groups is 1. The normalized spacial score (nSPS) is 18.9. The Kier molecular flexibility index (Phi) is 10.8. The average Bonchev–Trinajstić information content (AvgIpc) is 3.47. The summed E-state index contributed by atoms with van der Waals surface area (Å²) in [5.74, 6) is -0.138. The highest BCUT2D eigenvalue weighted by Crippen LogP contribution is 2.40. The van der Waals surface area contributed by atoms with Crippen LogP contribution in [0.25, 0.3) is 11.1 Å². The predicted molar refractivity (Wildman–Crippen MR) is 169 cm³/mol. The lowest BCUT2D eigenvalue weighted by molar-refractivity contribution is -0.245. The van der Waals surface area contributed by atoms with Crippen LogP contribution in [0.3, 0.4) is 0 Å². The number of carbonyl (C=O) groups is 2. The summed E-state index contributed by atoms with van der Waals surface area (Å²) in [6.45, 7) is 5.06. The van der Waals surface area contributed by atoms with Crippen molar-refractivity contribution >= 4 is 35.0 Å². The second-order valence-electron chi connectivity index (χ2n) is 10.5. The third-order valence-electron chi connectivity index (χ3n) is 7.11. The Bertz CT molecular complexity index is 1580. The smallest absolute Gasteiger partial charge is 0.303 e. The van der Waals surface area contributed by atoms with E-state index in [0.717, 1.165) is 42.7 Å². The maximum atomic E-state index is 12.3. The molecule has 1 aliphatic rings. The molecule has 230 valence electrons. The molecular weight excluding hydrogens is 599 g/mol. The number of aryl methyl sites for hydroxylation is 1. The standard InChI is InChI=1S/C33H35N3O6S2/c1-20(40-22(3)38)31(39)34-17-24-6-4-7-26(14-24)27-8-5-9-28(15-27)32-41-29(19-43-33-36-35-21(2)44-33)16-30(42-32)25-12-10-23(18-37)11-13-25/h4-15,20,29-30,32,37H,16-19H2,1-3H3,(H,34,39)/t20-,29+,30-,32-/m0/s1. The summed E-state index contributed by atoms with van der Waals surface area (Å²) < 4.78 is 18.9. The first-order valence-electron chi connectivity index (χ1n) is 14.3. The monoisotopic (exact) mass is 633 g/mol. The molecule has 0 bridgehead atoms. The van der Waals surface area contributed by atoms with Crippen molar-refractivity contribution in [2.24, 2.45) is 0 Å². The van der Waals surface area contributed by atoms with Crippen molar-refractivity contribution in [1.82, 2.24) is 15.5 Å². The van der Waals surface area contributed by atoms with Crippen molar-refractivity contribution in [3.8, 4) is 11.1 Å². The van der Waals surface area contributed by atoms with Gasteiger partial charge in [-0.2, -0.15) is 0 Å². The largest absolute Gasteiger partial charge is 0.453 e. The van der Waals surface area contributed by atoms with Gasteiger partial charge in [-0.1, -0.05) is 83.8 Å². The molecule has 1 fully saturated rings. The first-order chi connectivity index (χ1) is 21.3. The van der Waals surface area contributed by atoms with Crippen LogP contribution in [0.15, 0.2) is 77.1 Å². The SMILES string of the molecule is CC(=O)O[C@@H](C)C(=O)NCc1cccc(-c2cccc([C@H]3O[C@@H](CSc4nnc(C)s4)C[C@@H](c4ccc(CO)cc4)O3)c2)c1. The van der Waals surface area contributed by atoms with Crippen molar-refractivity contribution in [3.05, 3.63) is 100 Å². The van der Waals surface area contributed by atoms with E-state index in [0.29, 0.717) is 18.7 Å². The summed E-state index contributed by atoms with van der Waals surface area (Å²) in [6, 6.07) is 23.9. The van der Waals surface area contributed by atoms with Gasteiger partial charge in [0, 0.05) is 31.2 Å². The maximum Gasteiger partial charge on any atom is 0.303 e. The fourth-order valence-corrected chi connectivity index (χ4v) is 6.74. The van der Waals surface area contributed by atoms with Gasteiger partial charge in [0.2, 0.25) is 0 Å². The molecule has 11 heteroatoms. The molecule has 44 heavy (non-hydrogen) atoms. The minimum atomic E-state index is -0.858. The molecule has 0 aliphatic carbocycles. The topological polar surface area (TPSA) is 120 Å². The number of hydrogen-bond donors (Lipinski definition) is 2. The van der Waals surface area contributed by atoms with E-state index in [9.17, 15) is 14.7 Å². The summed E-state index contributed by atoms with van der Waals surface area (Å²) in [6.07, 6.45) is -1.03. The van der Waals surface area contributed by atoms with E-state index in [-0.39, 0.29) is 24.7 Å². The fraction of sp³-hybridized carbons (Fsp3) is 0.333. The molecule has 5 rings (SSSR count). The van der Waals surface area contributed by atoms with Gasteiger partial charge in [0.15, 0.2) is 16.7 Å². The van der Waals surface area contributed by atoms with Gasteiger partial charge >= 0.3 is 5.97 Å². The Morgan fingerprint density at radius 3 is 2.48 bits per heavy atom. The highest BCUT2D eigenvalue weighted by atomic mass is 32.2. The number of ether oxygens (including phenoxy) is 3. The average molecular weight is 634 g/mol. The number of carbonyl (C=O) groups excluding carboxylic acids is 2. The number of aliphatic hydroxyl groups excluding tert-OH is 1. The van der Waals surface area contributed by atoms with Gasteiger partial charge in [0.1, 0.15) is 5.01 Å².